The Morgan fingerprint density at radius 1 is 1.17 bits per heavy atom. The van der Waals surface area contributed by atoms with E-state index in [1.54, 1.807) is 40.4 Å². The van der Waals surface area contributed by atoms with E-state index in [0.717, 1.165) is 0 Å². The molecule has 3 aromatic heterocycles. The average Bonchev–Trinajstić information content (AvgIpc) is 3.32. The summed E-state index contributed by atoms with van der Waals surface area (Å²) >= 11 is 1.65. The molecule has 1 aromatic carbocycles. The van der Waals surface area contributed by atoms with E-state index in [1.807, 2.05) is 17.5 Å². The monoisotopic (exact) mass is 341 g/mol. The first-order chi connectivity index (χ1) is 11.8. The number of hydrogen-bond donors (Lipinski definition) is 0. The molecule has 0 spiro atoms. The van der Waals surface area contributed by atoms with Gasteiger partial charge in [0.2, 0.25) is 0 Å². The molecule has 24 heavy (non-hydrogen) atoms. The van der Waals surface area contributed by atoms with Crippen LogP contribution in [0.1, 0.15) is 16.3 Å². The lowest BCUT2D eigenvalue weighted by molar-refractivity contribution is 0.422. The quantitative estimate of drug-likeness (QED) is 0.558. The summed E-state index contributed by atoms with van der Waals surface area (Å²) in [5.41, 5.74) is 1.02. The summed E-state index contributed by atoms with van der Waals surface area (Å²) in [6, 6.07) is 10.5. The van der Waals surface area contributed by atoms with E-state index < -0.39 is 0 Å². The molecule has 120 valence electrons. The van der Waals surface area contributed by atoms with Crippen molar-refractivity contribution in [3.63, 3.8) is 0 Å². The van der Waals surface area contributed by atoms with Crippen LogP contribution < -0.4 is 0 Å². The summed E-state index contributed by atoms with van der Waals surface area (Å²) in [5, 5.41) is 14.0. The van der Waals surface area contributed by atoms with Gasteiger partial charge >= 0.3 is 0 Å². The molecule has 0 N–H and O–H groups in total. The van der Waals surface area contributed by atoms with E-state index in [2.05, 4.69) is 20.5 Å². The highest BCUT2D eigenvalue weighted by Crippen LogP contribution is 2.17. The van der Waals surface area contributed by atoms with Gasteiger partial charge in [-0.05, 0) is 23.1 Å². The van der Waals surface area contributed by atoms with Crippen molar-refractivity contribution in [2.45, 2.75) is 13.0 Å². The van der Waals surface area contributed by atoms with Crippen molar-refractivity contribution in [3.8, 4) is 11.6 Å². The summed E-state index contributed by atoms with van der Waals surface area (Å²) in [5.74, 6) is 0.396. The largest absolute Gasteiger partial charge is 0.332 e. The third-order valence-corrected chi connectivity index (χ3v) is 4.29. The topological polar surface area (TPSA) is 69.6 Å². The Balaban J connectivity index is 1.51. The van der Waals surface area contributed by atoms with Crippen LogP contribution in [0.2, 0.25) is 0 Å². The Bertz CT molecular complexity index is 947. The third kappa shape index (κ3) is 3.09. The molecule has 0 saturated heterocycles. The molecule has 6 nitrogen and oxygen atoms in total. The Kier molecular flexibility index (Phi) is 3.87. The van der Waals surface area contributed by atoms with Crippen molar-refractivity contribution in [1.29, 1.82) is 0 Å². The van der Waals surface area contributed by atoms with E-state index in [1.165, 1.54) is 10.9 Å². The molecule has 3 heterocycles. The van der Waals surface area contributed by atoms with Crippen molar-refractivity contribution in [1.82, 2.24) is 25.1 Å². The van der Waals surface area contributed by atoms with Gasteiger partial charge in [-0.2, -0.15) is 4.98 Å². The fourth-order valence-corrected chi connectivity index (χ4v) is 2.97. The third-order valence-electron chi connectivity index (χ3n) is 3.43. The van der Waals surface area contributed by atoms with Gasteiger partial charge in [-0.3, -0.25) is 0 Å². The molecule has 0 fully saturated rings. The maximum atomic E-state index is 13.7. The van der Waals surface area contributed by atoms with Crippen molar-refractivity contribution in [3.05, 3.63) is 70.1 Å². The van der Waals surface area contributed by atoms with E-state index >= 15 is 0 Å². The molecule has 4 aromatic rings. The van der Waals surface area contributed by atoms with Gasteiger partial charge in [0.15, 0.2) is 11.5 Å². The van der Waals surface area contributed by atoms with E-state index in [9.17, 15) is 4.39 Å². The van der Waals surface area contributed by atoms with Crippen LogP contribution in [0.4, 0.5) is 4.39 Å². The number of benzene rings is 1. The van der Waals surface area contributed by atoms with Crippen LogP contribution in [-0.2, 0) is 13.0 Å². The molecule has 0 bridgehead atoms. The molecule has 8 heteroatoms. The molecular formula is C16H12FN5OS. The number of hydrogen-bond acceptors (Lipinski definition) is 6. The zero-order chi connectivity index (χ0) is 16.4. The molecule has 0 unspecified atom stereocenters. The molecular weight excluding hydrogens is 329 g/mol. The smallest absolute Gasteiger partial charge is 0.280 e. The Hall–Kier alpha value is -2.87. The SMILES string of the molecule is Fc1ccccc1Cc1noc(-c2cn(Cc3cccs3)nn2)n1. The van der Waals surface area contributed by atoms with E-state index in [4.69, 9.17) is 4.52 Å². The van der Waals surface area contributed by atoms with E-state index in [-0.39, 0.29) is 18.1 Å². The number of nitrogens with zero attached hydrogens (tertiary/aromatic N) is 5. The first kappa shape index (κ1) is 14.7. The summed E-state index contributed by atoms with van der Waals surface area (Å²) in [4.78, 5) is 5.45. The summed E-state index contributed by atoms with van der Waals surface area (Å²) in [6.07, 6.45) is 2.01. The van der Waals surface area contributed by atoms with Gasteiger partial charge in [-0.15, -0.1) is 16.4 Å². The molecule has 0 aliphatic heterocycles. The molecule has 0 aliphatic rings. The second kappa shape index (κ2) is 6.32. The molecule has 0 amide bonds. The fraction of sp³-hybridized carbons (Fsp3) is 0.125. The fourth-order valence-electron chi connectivity index (χ4n) is 2.28. The molecule has 0 atom stereocenters. The van der Waals surface area contributed by atoms with Crippen molar-refractivity contribution in [2.24, 2.45) is 0 Å². The van der Waals surface area contributed by atoms with Crippen molar-refractivity contribution >= 4 is 11.3 Å². The summed E-state index contributed by atoms with van der Waals surface area (Å²) < 4.78 is 20.6. The minimum absolute atomic E-state index is 0.263. The van der Waals surface area contributed by atoms with Crippen LogP contribution in [0.5, 0.6) is 0 Å². The van der Waals surface area contributed by atoms with Gasteiger partial charge < -0.3 is 4.52 Å². The maximum absolute atomic E-state index is 13.7. The predicted octanol–water partition coefficient (Wildman–Crippen LogP) is 3.17. The predicted molar refractivity (Wildman–Crippen MR) is 85.9 cm³/mol. The van der Waals surface area contributed by atoms with Gasteiger partial charge in [0.1, 0.15) is 5.82 Å². The Morgan fingerprint density at radius 3 is 2.92 bits per heavy atom. The molecule has 0 aliphatic carbocycles. The highest BCUT2D eigenvalue weighted by molar-refractivity contribution is 7.09. The number of rotatable bonds is 5. The highest BCUT2D eigenvalue weighted by atomic mass is 32.1. The average molecular weight is 341 g/mol. The number of thiophene rings is 1. The molecule has 0 radical (unpaired) electrons. The van der Waals surface area contributed by atoms with Gasteiger partial charge in [-0.25, -0.2) is 9.07 Å². The lowest BCUT2D eigenvalue weighted by Gasteiger charge is -1.97. The second-order valence-electron chi connectivity index (χ2n) is 5.16. The number of aromatic nitrogens is 5. The van der Waals surface area contributed by atoms with Gasteiger partial charge in [0, 0.05) is 11.3 Å². The number of halogens is 1. The highest BCUT2D eigenvalue weighted by Gasteiger charge is 2.14. The van der Waals surface area contributed by atoms with Crippen LogP contribution in [0.3, 0.4) is 0 Å². The van der Waals surface area contributed by atoms with E-state index in [0.29, 0.717) is 23.6 Å². The minimum atomic E-state index is -0.286. The van der Waals surface area contributed by atoms with Gasteiger partial charge in [0.25, 0.3) is 5.89 Å². The second-order valence-corrected chi connectivity index (χ2v) is 6.20. The zero-order valence-electron chi connectivity index (χ0n) is 12.5. The summed E-state index contributed by atoms with van der Waals surface area (Å²) in [6.45, 7) is 0.640. The molecule has 4 rings (SSSR count). The standard InChI is InChI=1S/C16H12FN5OS/c17-13-6-2-1-4-11(13)8-15-18-16(23-20-15)14-10-22(21-19-14)9-12-5-3-7-24-12/h1-7,10H,8-9H2. The Morgan fingerprint density at radius 2 is 2.08 bits per heavy atom. The maximum Gasteiger partial charge on any atom is 0.280 e. The van der Waals surface area contributed by atoms with Crippen molar-refractivity contribution in [2.75, 3.05) is 0 Å². The normalized spacial score (nSPS) is 11.0. The van der Waals surface area contributed by atoms with Crippen LogP contribution in [-0.4, -0.2) is 25.1 Å². The lowest BCUT2D eigenvalue weighted by atomic mass is 10.1. The van der Waals surface area contributed by atoms with Crippen LogP contribution in [0.25, 0.3) is 11.6 Å². The first-order valence-corrected chi connectivity index (χ1v) is 8.15. The van der Waals surface area contributed by atoms with Crippen molar-refractivity contribution < 1.29 is 8.91 Å². The van der Waals surface area contributed by atoms with Crippen LogP contribution in [0, 0.1) is 5.82 Å². The minimum Gasteiger partial charge on any atom is -0.332 e. The lowest BCUT2D eigenvalue weighted by Crippen LogP contribution is -1.97. The van der Waals surface area contributed by atoms with Gasteiger partial charge in [-0.1, -0.05) is 34.6 Å². The Labute approximate surface area is 140 Å². The van der Waals surface area contributed by atoms with Crippen LogP contribution >= 0.6 is 11.3 Å². The zero-order valence-corrected chi connectivity index (χ0v) is 13.3. The van der Waals surface area contributed by atoms with Gasteiger partial charge in [0.05, 0.1) is 12.7 Å². The summed E-state index contributed by atoms with van der Waals surface area (Å²) in [7, 11) is 0. The van der Waals surface area contributed by atoms with Crippen LogP contribution in [0.15, 0.2) is 52.5 Å². The first-order valence-electron chi connectivity index (χ1n) is 7.27. The molecule has 0 saturated carbocycles.